The highest BCUT2D eigenvalue weighted by Crippen LogP contribution is 2.38. The molecule has 0 radical (unpaired) electrons. The average molecular weight is 637 g/mol. The number of benzene rings is 6. The maximum atomic E-state index is 9.16. The Morgan fingerprint density at radius 1 is 0.400 bits per heavy atom. The van der Waals surface area contributed by atoms with Crippen LogP contribution in [0.4, 0.5) is 0 Å². The highest BCUT2D eigenvalue weighted by molar-refractivity contribution is 6.12. The lowest BCUT2D eigenvalue weighted by Crippen LogP contribution is -1.94. The van der Waals surface area contributed by atoms with Gasteiger partial charge in [-0.25, -0.2) is 0 Å². The second kappa shape index (κ2) is 12.2. The number of nitrogens with zero attached hydrogens (tertiary/aromatic N) is 6. The van der Waals surface area contributed by atoms with E-state index < -0.39 is 0 Å². The molecule has 0 bridgehead atoms. The van der Waals surface area contributed by atoms with Gasteiger partial charge in [0.05, 0.1) is 22.1 Å². The summed E-state index contributed by atoms with van der Waals surface area (Å²) in [5, 5.41) is 41.2. The molecule has 0 atom stereocenters. The van der Waals surface area contributed by atoms with Crippen LogP contribution in [0, 0.1) is 45.3 Å². The Morgan fingerprint density at radius 2 is 0.760 bits per heavy atom. The summed E-state index contributed by atoms with van der Waals surface area (Å²) >= 11 is 0. The van der Waals surface area contributed by atoms with Gasteiger partial charge in [0.2, 0.25) is 0 Å². The number of nitriles is 4. The minimum absolute atomic E-state index is 0.0698. The fourth-order valence-corrected chi connectivity index (χ4v) is 6.81. The van der Waals surface area contributed by atoms with Crippen molar-refractivity contribution in [2.24, 2.45) is 0 Å². The van der Waals surface area contributed by atoms with Crippen molar-refractivity contribution < 1.29 is 0 Å². The van der Waals surface area contributed by atoms with Gasteiger partial charge in [0, 0.05) is 32.9 Å². The van der Waals surface area contributed by atoms with Crippen LogP contribution >= 0.6 is 0 Å². The summed E-state index contributed by atoms with van der Waals surface area (Å²) in [4.78, 5) is 0. The molecule has 6 aromatic carbocycles. The zero-order chi connectivity index (χ0) is 34.2. The van der Waals surface area contributed by atoms with E-state index >= 15 is 0 Å². The molecule has 0 aliphatic heterocycles. The highest BCUT2D eigenvalue weighted by atomic mass is 15.0. The predicted molar refractivity (Wildman–Crippen MR) is 199 cm³/mol. The van der Waals surface area contributed by atoms with Crippen molar-refractivity contribution in [1.29, 1.82) is 21.0 Å². The quantitative estimate of drug-likeness (QED) is 0.175. The highest BCUT2D eigenvalue weighted by Gasteiger charge is 2.16. The van der Waals surface area contributed by atoms with Crippen LogP contribution < -0.4 is 0 Å². The van der Waals surface area contributed by atoms with E-state index in [2.05, 4.69) is 81.9 Å². The van der Waals surface area contributed by atoms with Crippen LogP contribution in [-0.4, -0.2) is 9.13 Å². The van der Waals surface area contributed by atoms with E-state index in [9.17, 15) is 0 Å². The molecule has 0 aliphatic carbocycles. The summed E-state index contributed by atoms with van der Waals surface area (Å²) in [6.07, 6.45) is 3.18. The molecule has 0 spiro atoms. The van der Waals surface area contributed by atoms with Crippen molar-refractivity contribution in [3.63, 3.8) is 0 Å². The number of hydrogen-bond donors (Lipinski definition) is 0. The number of para-hydroxylation sites is 2. The molecule has 0 saturated carbocycles. The Hall–Kier alpha value is -7.64. The van der Waals surface area contributed by atoms with E-state index in [0.29, 0.717) is 0 Å². The zero-order valence-electron chi connectivity index (χ0n) is 26.5. The van der Waals surface area contributed by atoms with Gasteiger partial charge in [-0.3, -0.25) is 0 Å². The fraction of sp³-hybridized carbons (Fsp3) is 0. The van der Waals surface area contributed by atoms with Gasteiger partial charge < -0.3 is 9.13 Å². The van der Waals surface area contributed by atoms with Gasteiger partial charge in [0.25, 0.3) is 0 Å². The fourth-order valence-electron chi connectivity index (χ4n) is 6.81. The molecule has 0 aliphatic rings. The van der Waals surface area contributed by atoms with Gasteiger partial charge in [-0.15, -0.1) is 0 Å². The Bertz CT molecular complexity index is 2660. The monoisotopic (exact) mass is 636 g/mol. The van der Waals surface area contributed by atoms with Crippen LogP contribution in [0.3, 0.4) is 0 Å². The van der Waals surface area contributed by atoms with E-state index in [-0.39, 0.29) is 11.1 Å². The molecule has 0 N–H and O–H groups in total. The van der Waals surface area contributed by atoms with Gasteiger partial charge in [-0.05, 0) is 95.1 Å². The van der Waals surface area contributed by atoms with Gasteiger partial charge in [-0.1, -0.05) is 72.8 Å². The van der Waals surface area contributed by atoms with Crippen LogP contribution in [0.25, 0.3) is 78.3 Å². The Balaban J connectivity index is 1.24. The number of aromatic nitrogens is 2. The maximum Gasteiger partial charge on any atom is 0.130 e. The molecule has 0 amide bonds. The first-order valence-electron chi connectivity index (χ1n) is 15.9. The van der Waals surface area contributed by atoms with Crippen LogP contribution in [0.1, 0.15) is 11.1 Å². The minimum Gasteiger partial charge on any atom is -0.309 e. The standard InChI is InChI=1S/C44H24N6/c45-25-31(26-46)21-29-9-15-35(16-10-29)49-41-7-3-1-5-37(41)39-23-33(13-19-43(39)49)34-14-20-44-40(24-34)38-6-2-4-8-42(38)50(44)36-17-11-30(12-18-36)22-32(27-47)28-48/h1-24H. The summed E-state index contributed by atoms with van der Waals surface area (Å²) in [7, 11) is 0. The second-order valence-electron chi connectivity index (χ2n) is 11.9. The smallest absolute Gasteiger partial charge is 0.130 e. The molecule has 8 rings (SSSR count). The molecule has 0 fully saturated rings. The SMILES string of the molecule is N#CC(C#N)=Cc1ccc(-n2c3ccccc3c3cc(-c4ccc5c(c4)c4ccccc4n5-c4ccc(C=C(C#N)C#N)cc4)ccc32)cc1. The topological polar surface area (TPSA) is 105 Å². The van der Waals surface area contributed by atoms with Gasteiger partial charge in [0.1, 0.15) is 35.4 Å². The summed E-state index contributed by atoms with van der Waals surface area (Å²) in [6, 6.07) is 53.5. The molecular weight excluding hydrogens is 613 g/mol. The normalized spacial score (nSPS) is 10.7. The van der Waals surface area contributed by atoms with Gasteiger partial charge in [-0.2, -0.15) is 21.0 Å². The third-order valence-electron chi connectivity index (χ3n) is 9.08. The molecule has 2 heterocycles. The van der Waals surface area contributed by atoms with E-state index in [1.807, 2.05) is 84.9 Å². The molecule has 0 saturated heterocycles. The lowest BCUT2D eigenvalue weighted by molar-refractivity contribution is 1.18. The van der Waals surface area contributed by atoms with Crippen molar-refractivity contribution in [3.05, 3.63) is 156 Å². The van der Waals surface area contributed by atoms with Crippen LogP contribution in [-0.2, 0) is 0 Å². The number of rotatable bonds is 5. The van der Waals surface area contributed by atoms with Crippen molar-refractivity contribution in [3.8, 4) is 46.8 Å². The predicted octanol–water partition coefficient (Wildman–Crippen LogP) is 10.4. The second-order valence-corrected chi connectivity index (χ2v) is 11.9. The molecule has 50 heavy (non-hydrogen) atoms. The number of hydrogen-bond acceptors (Lipinski definition) is 4. The number of fused-ring (bicyclic) bond motifs is 6. The van der Waals surface area contributed by atoms with Crippen molar-refractivity contribution in [1.82, 2.24) is 9.13 Å². The van der Waals surface area contributed by atoms with Crippen molar-refractivity contribution in [2.75, 3.05) is 0 Å². The third kappa shape index (κ3) is 4.95. The summed E-state index contributed by atoms with van der Waals surface area (Å²) in [5.41, 5.74) is 10.3. The summed E-state index contributed by atoms with van der Waals surface area (Å²) in [5.74, 6) is 0. The molecular formula is C44H24N6. The Morgan fingerprint density at radius 3 is 1.14 bits per heavy atom. The van der Waals surface area contributed by atoms with E-state index in [4.69, 9.17) is 21.0 Å². The average Bonchev–Trinajstić information content (AvgIpc) is 3.68. The molecule has 6 nitrogen and oxygen atoms in total. The third-order valence-corrected chi connectivity index (χ3v) is 9.08. The van der Waals surface area contributed by atoms with Crippen LogP contribution in [0.5, 0.6) is 0 Å². The van der Waals surface area contributed by atoms with Crippen molar-refractivity contribution >= 4 is 55.8 Å². The van der Waals surface area contributed by atoms with Gasteiger partial charge in [0.15, 0.2) is 0 Å². The largest absolute Gasteiger partial charge is 0.309 e. The summed E-state index contributed by atoms with van der Waals surface area (Å²) in [6.45, 7) is 0. The zero-order valence-corrected chi connectivity index (χ0v) is 26.5. The Kier molecular flexibility index (Phi) is 7.25. The van der Waals surface area contributed by atoms with Gasteiger partial charge >= 0.3 is 0 Å². The molecule has 6 heteroatoms. The van der Waals surface area contributed by atoms with E-state index in [1.54, 1.807) is 12.2 Å². The van der Waals surface area contributed by atoms with E-state index in [1.165, 1.54) is 0 Å². The minimum atomic E-state index is 0.0698. The number of allylic oxidation sites excluding steroid dienone is 2. The molecule has 2 aromatic heterocycles. The van der Waals surface area contributed by atoms with Crippen LogP contribution in [0.2, 0.25) is 0 Å². The molecule has 0 unspecified atom stereocenters. The molecule has 230 valence electrons. The van der Waals surface area contributed by atoms with Crippen molar-refractivity contribution in [2.45, 2.75) is 0 Å². The Labute approximate surface area is 287 Å². The maximum absolute atomic E-state index is 9.16. The van der Waals surface area contributed by atoms with E-state index in [0.717, 1.165) is 77.2 Å². The lowest BCUT2D eigenvalue weighted by Gasteiger charge is -2.10. The lowest BCUT2D eigenvalue weighted by atomic mass is 10.0. The first kappa shape index (κ1) is 29.7. The van der Waals surface area contributed by atoms with Crippen LogP contribution in [0.15, 0.2) is 145 Å². The first-order valence-corrected chi connectivity index (χ1v) is 15.9. The summed E-state index contributed by atoms with van der Waals surface area (Å²) < 4.78 is 4.49. The first-order chi connectivity index (χ1) is 24.6. The molecule has 8 aromatic rings.